The number of nitrogens with zero attached hydrogens (tertiary/aromatic N) is 4. The molecule has 3 rings (SSSR count). The first kappa shape index (κ1) is 10.2. The van der Waals surface area contributed by atoms with E-state index in [1.807, 2.05) is 6.08 Å². The Hall–Kier alpha value is -1.99. The average Bonchev–Trinajstić information content (AvgIpc) is 2.94. The van der Waals surface area contributed by atoms with Crippen molar-refractivity contribution in [3.8, 4) is 0 Å². The van der Waals surface area contributed by atoms with E-state index in [4.69, 9.17) is 15.6 Å². The van der Waals surface area contributed by atoms with Crippen LogP contribution in [0.5, 0.6) is 0 Å². The van der Waals surface area contributed by atoms with E-state index in [0.29, 0.717) is 17.0 Å². The van der Waals surface area contributed by atoms with Crippen LogP contribution >= 0.6 is 0 Å². The zero-order valence-corrected chi connectivity index (χ0v) is 8.89. The summed E-state index contributed by atoms with van der Waals surface area (Å²) in [6.45, 7) is -0.0449. The maximum absolute atomic E-state index is 8.99. The molecular weight excluding hydrogens is 222 g/mol. The number of imidazole rings is 1. The predicted molar refractivity (Wildman–Crippen MR) is 59.9 cm³/mol. The van der Waals surface area contributed by atoms with Crippen molar-refractivity contribution in [1.82, 2.24) is 19.5 Å². The van der Waals surface area contributed by atoms with Crippen molar-refractivity contribution >= 4 is 17.0 Å². The molecule has 0 bridgehead atoms. The number of anilines is 1. The van der Waals surface area contributed by atoms with E-state index in [1.165, 1.54) is 6.33 Å². The Bertz CT molecular complexity index is 579. The number of nitrogen functional groups attached to an aromatic ring is 1. The molecule has 1 aliphatic rings. The fourth-order valence-electron chi connectivity index (χ4n) is 1.81. The van der Waals surface area contributed by atoms with Crippen LogP contribution in [-0.4, -0.2) is 37.3 Å². The summed E-state index contributed by atoms with van der Waals surface area (Å²) in [5.41, 5.74) is 6.87. The van der Waals surface area contributed by atoms with Crippen LogP contribution in [0.4, 0.5) is 5.82 Å². The summed E-state index contributed by atoms with van der Waals surface area (Å²) in [4.78, 5) is 12.2. The third-order valence-electron chi connectivity index (χ3n) is 2.65. The molecule has 0 radical (unpaired) electrons. The third kappa shape index (κ3) is 1.56. The standard InChI is InChI=1S/C10H11N5O2/c11-9-8-10(13-4-12-9)15(5-14-8)7-2-1-6(3-16)17-7/h1-2,4-7,16H,3H2,(H2,11,12,13). The first-order valence-electron chi connectivity index (χ1n) is 5.17. The van der Waals surface area contributed by atoms with Crippen molar-refractivity contribution in [3.63, 3.8) is 0 Å². The molecule has 2 atom stereocenters. The topological polar surface area (TPSA) is 99.1 Å². The van der Waals surface area contributed by atoms with Gasteiger partial charge in [-0.3, -0.25) is 4.57 Å². The van der Waals surface area contributed by atoms with Crippen LogP contribution in [0.15, 0.2) is 24.8 Å². The van der Waals surface area contributed by atoms with Crippen molar-refractivity contribution in [2.45, 2.75) is 12.3 Å². The first-order valence-corrected chi connectivity index (χ1v) is 5.17. The molecule has 88 valence electrons. The van der Waals surface area contributed by atoms with Crippen LogP contribution in [0.25, 0.3) is 11.2 Å². The Morgan fingerprint density at radius 1 is 1.35 bits per heavy atom. The van der Waals surface area contributed by atoms with Gasteiger partial charge in [-0.25, -0.2) is 15.0 Å². The lowest BCUT2D eigenvalue weighted by Crippen LogP contribution is -2.15. The van der Waals surface area contributed by atoms with Gasteiger partial charge in [-0.05, 0) is 6.08 Å². The summed E-state index contributed by atoms with van der Waals surface area (Å²) in [5.74, 6) is 0.342. The molecule has 7 nitrogen and oxygen atoms in total. The largest absolute Gasteiger partial charge is 0.393 e. The van der Waals surface area contributed by atoms with Gasteiger partial charge in [0, 0.05) is 0 Å². The smallest absolute Gasteiger partial charge is 0.167 e. The number of aliphatic hydroxyl groups is 1. The Morgan fingerprint density at radius 3 is 3.00 bits per heavy atom. The van der Waals surface area contributed by atoms with Crippen molar-refractivity contribution in [2.75, 3.05) is 12.3 Å². The van der Waals surface area contributed by atoms with Gasteiger partial charge in [0.2, 0.25) is 0 Å². The molecule has 2 aromatic rings. The molecule has 3 heterocycles. The van der Waals surface area contributed by atoms with Crippen molar-refractivity contribution < 1.29 is 9.84 Å². The Balaban J connectivity index is 2.02. The molecule has 0 amide bonds. The van der Waals surface area contributed by atoms with Gasteiger partial charge < -0.3 is 15.6 Å². The normalized spacial score (nSPS) is 23.6. The molecule has 3 N–H and O–H groups in total. The number of rotatable bonds is 2. The molecule has 0 spiro atoms. The lowest BCUT2D eigenvalue weighted by atomic mass is 10.4. The van der Waals surface area contributed by atoms with Crippen molar-refractivity contribution in [2.24, 2.45) is 0 Å². The minimum Gasteiger partial charge on any atom is -0.393 e. The summed E-state index contributed by atoms with van der Waals surface area (Å²) in [6.07, 6.45) is 6.05. The van der Waals surface area contributed by atoms with Gasteiger partial charge in [0.05, 0.1) is 12.9 Å². The fraction of sp³-hybridized carbons (Fsp3) is 0.300. The van der Waals surface area contributed by atoms with Crippen LogP contribution in [0.3, 0.4) is 0 Å². The molecule has 0 fully saturated rings. The fourth-order valence-corrected chi connectivity index (χ4v) is 1.81. The van der Waals surface area contributed by atoms with Crippen LogP contribution < -0.4 is 5.73 Å². The number of hydrogen-bond donors (Lipinski definition) is 2. The average molecular weight is 233 g/mol. The van der Waals surface area contributed by atoms with Gasteiger partial charge in [-0.15, -0.1) is 0 Å². The number of hydrogen-bond acceptors (Lipinski definition) is 6. The predicted octanol–water partition coefficient (Wildman–Crippen LogP) is -0.146. The van der Waals surface area contributed by atoms with Gasteiger partial charge in [-0.1, -0.05) is 6.08 Å². The van der Waals surface area contributed by atoms with Crippen molar-refractivity contribution in [3.05, 3.63) is 24.8 Å². The summed E-state index contributed by atoms with van der Waals surface area (Å²) < 4.78 is 7.31. The monoisotopic (exact) mass is 233 g/mol. The lowest BCUT2D eigenvalue weighted by molar-refractivity contribution is -0.00638. The minimum absolute atomic E-state index is 0.0449. The minimum atomic E-state index is -0.313. The molecule has 2 aromatic heterocycles. The maximum Gasteiger partial charge on any atom is 0.167 e. The molecular formula is C10H11N5O2. The van der Waals surface area contributed by atoms with Gasteiger partial charge in [-0.2, -0.15) is 0 Å². The second-order valence-electron chi connectivity index (χ2n) is 3.72. The molecule has 1 aliphatic heterocycles. The highest BCUT2D eigenvalue weighted by Crippen LogP contribution is 2.25. The quantitative estimate of drug-likeness (QED) is 0.700. The number of fused-ring (bicyclic) bond motifs is 1. The van der Waals surface area contributed by atoms with Gasteiger partial charge in [0.25, 0.3) is 0 Å². The zero-order chi connectivity index (χ0) is 11.8. The van der Waals surface area contributed by atoms with E-state index in [0.717, 1.165) is 0 Å². The highest BCUT2D eigenvalue weighted by molar-refractivity contribution is 5.81. The van der Waals surface area contributed by atoms with Gasteiger partial charge in [0.1, 0.15) is 17.9 Å². The first-order chi connectivity index (χ1) is 8.29. The summed E-state index contributed by atoms with van der Waals surface area (Å²) >= 11 is 0. The zero-order valence-electron chi connectivity index (χ0n) is 8.89. The number of aliphatic hydroxyl groups excluding tert-OH is 1. The van der Waals surface area contributed by atoms with Crippen LogP contribution in [0.1, 0.15) is 6.23 Å². The van der Waals surface area contributed by atoms with Crippen LogP contribution in [0.2, 0.25) is 0 Å². The molecule has 0 aromatic carbocycles. The number of ether oxygens (including phenoxy) is 1. The summed E-state index contributed by atoms with van der Waals surface area (Å²) in [6, 6.07) is 0. The second kappa shape index (κ2) is 3.79. The van der Waals surface area contributed by atoms with E-state index < -0.39 is 0 Å². The second-order valence-corrected chi connectivity index (χ2v) is 3.72. The van der Waals surface area contributed by atoms with E-state index in [-0.39, 0.29) is 18.9 Å². The van der Waals surface area contributed by atoms with E-state index in [2.05, 4.69) is 15.0 Å². The SMILES string of the molecule is Nc1ncnc2c1ncn2C1C=CC(CO)O1. The highest BCUT2D eigenvalue weighted by Gasteiger charge is 2.22. The molecule has 0 saturated carbocycles. The Labute approximate surface area is 96.6 Å². The van der Waals surface area contributed by atoms with Crippen LogP contribution in [-0.2, 0) is 4.74 Å². The van der Waals surface area contributed by atoms with E-state index in [1.54, 1.807) is 17.0 Å². The molecule has 0 aliphatic carbocycles. The van der Waals surface area contributed by atoms with Gasteiger partial charge in [0.15, 0.2) is 17.7 Å². The van der Waals surface area contributed by atoms with Crippen molar-refractivity contribution in [1.29, 1.82) is 0 Å². The summed E-state index contributed by atoms with van der Waals surface area (Å²) in [5, 5.41) is 8.99. The molecule has 0 saturated heterocycles. The number of aromatic nitrogens is 4. The molecule has 7 heteroatoms. The van der Waals surface area contributed by atoms with Crippen LogP contribution in [0, 0.1) is 0 Å². The highest BCUT2D eigenvalue weighted by atomic mass is 16.5. The molecule has 2 unspecified atom stereocenters. The third-order valence-corrected chi connectivity index (χ3v) is 2.65. The summed E-state index contributed by atoms with van der Waals surface area (Å²) in [7, 11) is 0. The lowest BCUT2D eigenvalue weighted by Gasteiger charge is -2.13. The Morgan fingerprint density at radius 2 is 2.24 bits per heavy atom. The van der Waals surface area contributed by atoms with E-state index >= 15 is 0 Å². The Kier molecular flexibility index (Phi) is 2.27. The van der Waals surface area contributed by atoms with Gasteiger partial charge >= 0.3 is 0 Å². The molecule has 17 heavy (non-hydrogen) atoms. The number of nitrogens with two attached hydrogens (primary N) is 1. The van der Waals surface area contributed by atoms with E-state index in [9.17, 15) is 0 Å². The maximum atomic E-state index is 8.99.